The van der Waals surface area contributed by atoms with Crippen molar-refractivity contribution in [2.45, 2.75) is 38.0 Å². The summed E-state index contributed by atoms with van der Waals surface area (Å²) in [6, 6.07) is 10.4. The quantitative estimate of drug-likeness (QED) is 0.405. The van der Waals surface area contributed by atoms with Crippen LogP contribution in [-0.2, 0) is 7.05 Å². The number of amidine groups is 1. The van der Waals surface area contributed by atoms with Gasteiger partial charge in [-0.3, -0.25) is 0 Å². The fourth-order valence-electron chi connectivity index (χ4n) is 4.10. The number of para-hydroxylation sites is 1. The van der Waals surface area contributed by atoms with Crippen molar-refractivity contribution >= 4 is 16.7 Å². The molecular weight excluding hydrogens is 334 g/mol. The van der Waals surface area contributed by atoms with Crippen molar-refractivity contribution in [3.05, 3.63) is 60.4 Å². The van der Waals surface area contributed by atoms with E-state index in [1.54, 1.807) is 0 Å². The maximum Gasteiger partial charge on any atom is 0.150 e. The van der Waals surface area contributed by atoms with Crippen LogP contribution in [0.2, 0.25) is 0 Å². The van der Waals surface area contributed by atoms with Gasteiger partial charge >= 0.3 is 0 Å². The van der Waals surface area contributed by atoms with Crippen LogP contribution in [-0.4, -0.2) is 20.4 Å². The van der Waals surface area contributed by atoms with Gasteiger partial charge in [0.15, 0.2) is 0 Å². The van der Waals surface area contributed by atoms with Crippen LogP contribution in [0.4, 0.5) is 0 Å². The van der Waals surface area contributed by atoms with Crippen LogP contribution in [0, 0.1) is 0 Å². The molecule has 0 aliphatic heterocycles. The highest BCUT2D eigenvalue weighted by Gasteiger charge is 2.26. The summed E-state index contributed by atoms with van der Waals surface area (Å²) in [4.78, 5) is 12.8. The Balaban J connectivity index is 1.88. The van der Waals surface area contributed by atoms with Gasteiger partial charge in [0, 0.05) is 23.9 Å². The summed E-state index contributed by atoms with van der Waals surface area (Å²) in [6.45, 7) is 3.57. The van der Waals surface area contributed by atoms with E-state index >= 15 is 0 Å². The number of benzene rings is 1. The lowest BCUT2D eigenvalue weighted by atomic mass is 9.89. The van der Waals surface area contributed by atoms with Gasteiger partial charge in [-0.05, 0) is 25.0 Å². The standard InChI is InChI=1S/C22H25N5/c1-3-13-24-21(23)20-19(18-14-16-11-7-8-12-17(16)25-18)26-22(27(20)2)15-9-5-4-6-10-15/h7-8,11-15,25H,1,4-6,9-10H2,2H3,(H2,23,24). The fourth-order valence-corrected chi connectivity index (χ4v) is 4.10. The number of aliphatic imine (C=N–C) groups is 1. The number of rotatable bonds is 4. The number of hydrogen-bond acceptors (Lipinski definition) is 2. The Labute approximate surface area is 159 Å². The van der Waals surface area contributed by atoms with Gasteiger partial charge in [0.2, 0.25) is 0 Å². The number of nitrogens with zero attached hydrogens (tertiary/aromatic N) is 3. The number of nitrogens with one attached hydrogen (secondary N) is 1. The molecule has 3 N–H and O–H groups in total. The van der Waals surface area contributed by atoms with E-state index < -0.39 is 0 Å². The van der Waals surface area contributed by atoms with Crippen molar-refractivity contribution in [3.8, 4) is 11.4 Å². The van der Waals surface area contributed by atoms with Crippen LogP contribution in [0.3, 0.4) is 0 Å². The molecule has 1 aliphatic rings. The van der Waals surface area contributed by atoms with Gasteiger partial charge in [0.05, 0.1) is 11.9 Å². The van der Waals surface area contributed by atoms with Crippen molar-refractivity contribution in [3.63, 3.8) is 0 Å². The van der Waals surface area contributed by atoms with Gasteiger partial charge in [-0.2, -0.15) is 0 Å². The van der Waals surface area contributed by atoms with E-state index in [1.807, 2.05) is 19.2 Å². The lowest BCUT2D eigenvalue weighted by Gasteiger charge is -2.21. The summed E-state index contributed by atoms with van der Waals surface area (Å²) in [5, 5.41) is 1.16. The molecule has 138 valence electrons. The second-order valence-electron chi connectivity index (χ2n) is 7.18. The average molecular weight is 359 g/mol. The van der Waals surface area contributed by atoms with E-state index in [9.17, 15) is 0 Å². The molecule has 0 unspecified atom stereocenters. The molecule has 1 aromatic carbocycles. The lowest BCUT2D eigenvalue weighted by Crippen LogP contribution is -2.19. The first-order chi connectivity index (χ1) is 13.2. The van der Waals surface area contributed by atoms with Crippen LogP contribution < -0.4 is 5.73 Å². The molecule has 0 saturated heterocycles. The minimum atomic E-state index is 0.428. The number of fused-ring (bicyclic) bond motifs is 1. The Kier molecular flexibility index (Phi) is 4.69. The normalized spacial score (nSPS) is 15.8. The molecule has 0 radical (unpaired) electrons. The number of imidazole rings is 1. The summed E-state index contributed by atoms with van der Waals surface area (Å²) in [7, 11) is 2.04. The van der Waals surface area contributed by atoms with E-state index in [2.05, 4.69) is 45.1 Å². The van der Waals surface area contributed by atoms with Gasteiger partial charge < -0.3 is 15.3 Å². The molecule has 5 heteroatoms. The first-order valence-electron chi connectivity index (χ1n) is 9.51. The van der Waals surface area contributed by atoms with Crippen molar-refractivity contribution in [2.24, 2.45) is 17.8 Å². The predicted octanol–water partition coefficient (Wildman–Crippen LogP) is 4.62. The van der Waals surface area contributed by atoms with Crippen LogP contribution in [0.1, 0.15) is 49.5 Å². The molecule has 0 spiro atoms. The maximum absolute atomic E-state index is 6.33. The Bertz CT molecular complexity index is 1010. The third kappa shape index (κ3) is 3.22. The van der Waals surface area contributed by atoms with Gasteiger partial charge in [0.25, 0.3) is 0 Å². The van der Waals surface area contributed by atoms with E-state index in [0.29, 0.717) is 11.8 Å². The van der Waals surface area contributed by atoms with Crippen molar-refractivity contribution < 1.29 is 0 Å². The van der Waals surface area contributed by atoms with E-state index in [0.717, 1.165) is 33.8 Å². The number of H-pyrrole nitrogens is 1. The highest BCUT2D eigenvalue weighted by molar-refractivity contribution is 6.02. The molecule has 0 bridgehead atoms. The Morgan fingerprint density at radius 2 is 2.11 bits per heavy atom. The summed E-state index contributed by atoms with van der Waals surface area (Å²) >= 11 is 0. The van der Waals surface area contributed by atoms with Crippen molar-refractivity contribution in [1.29, 1.82) is 0 Å². The predicted molar refractivity (Wildman–Crippen MR) is 111 cm³/mol. The molecule has 5 nitrogen and oxygen atoms in total. The molecular formula is C22H25N5. The molecule has 2 heterocycles. The van der Waals surface area contributed by atoms with Crippen LogP contribution in [0.5, 0.6) is 0 Å². The minimum Gasteiger partial charge on any atom is -0.382 e. The second-order valence-corrected chi connectivity index (χ2v) is 7.18. The second kappa shape index (κ2) is 7.29. The van der Waals surface area contributed by atoms with Crippen molar-refractivity contribution in [2.75, 3.05) is 0 Å². The maximum atomic E-state index is 6.33. The first kappa shape index (κ1) is 17.4. The number of hydrogen-bond donors (Lipinski definition) is 2. The highest BCUT2D eigenvalue weighted by Crippen LogP contribution is 2.35. The largest absolute Gasteiger partial charge is 0.382 e. The lowest BCUT2D eigenvalue weighted by molar-refractivity contribution is 0.421. The van der Waals surface area contributed by atoms with Crippen LogP contribution in [0.15, 0.2) is 53.8 Å². The molecule has 3 aromatic rings. The summed E-state index contributed by atoms with van der Waals surface area (Å²) in [5.41, 5.74) is 12.7. The minimum absolute atomic E-state index is 0.428. The SMILES string of the molecule is C=C=C/N=C(/N)c1c(-c2cc3ccccc3[nH]2)nc(C2CCCCC2)n1C. The molecule has 2 aromatic heterocycles. The first-order valence-corrected chi connectivity index (χ1v) is 9.51. The van der Waals surface area contributed by atoms with E-state index in [1.165, 1.54) is 38.3 Å². The Morgan fingerprint density at radius 1 is 1.33 bits per heavy atom. The number of aromatic amines is 1. The highest BCUT2D eigenvalue weighted by atomic mass is 15.1. The summed E-state index contributed by atoms with van der Waals surface area (Å²) in [6.07, 6.45) is 7.70. The zero-order chi connectivity index (χ0) is 18.8. The Morgan fingerprint density at radius 3 is 2.85 bits per heavy atom. The topological polar surface area (TPSA) is 72.0 Å². The third-order valence-corrected chi connectivity index (χ3v) is 5.42. The molecule has 0 atom stereocenters. The Hall–Kier alpha value is -3.04. The van der Waals surface area contributed by atoms with Gasteiger partial charge in [-0.15, -0.1) is 5.73 Å². The molecule has 4 rings (SSSR count). The zero-order valence-corrected chi connectivity index (χ0v) is 15.7. The van der Waals surface area contributed by atoms with Crippen LogP contribution in [0.25, 0.3) is 22.3 Å². The van der Waals surface area contributed by atoms with Gasteiger partial charge in [0.1, 0.15) is 23.0 Å². The monoisotopic (exact) mass is 359 g/mol. The average Bonchev–Trinajstić information content (AvgIpc) is 3.27. The van der Waals surface area contributed by atoms with E-state index in [4.69, 9.17) is 10.7 Å². The summed E-state index contributed by atoms with van der Waals surface area (Å²) < 4.78 is 2.12. The van der Waals surface area contributed by atoms with E-state index in [-0.39, 0.29) is 0 Å². The summed E-state index contributed by atoms with van der Waals surface area (Å²) in [5.74, 6) is 2.00. The molecule has 1 saturated carbocycles. The molecule has 27 heavy (non-hydrogen) atoms. The number of nitrogens with two attached hydrogens (primary N) is 1. The van der Waals surface area contributed by atoms with Gasteiger partial charge in [-0.1, -0.05) is 44.0 Å². The third-order valence-electron chi connectivity index (χ3n) is 5.42. The molecule has 0 amide bonds. The smallest absolute Gasteiger partial charge is 0.150 e. The molecule has 1 aliphatic carbocycles. The molecule has 1 fully saturated rings. The zero-order valence-electron chi connectivity index (χ0n) is 15.7. The fraction of sp³-hybridized carbons (Fsp3) is 0.318. The van der Waals surface area contributed by atoms with Crippen molar-refractivity contribution in [1.82, 2.24) is 14.5 Å². The number of aromatic nitrogens is 3. The van der Waals surface area contributed by atoms with Crippen LogP contribution >= 0.6 is 0 Å². The van der Waals surface area contributed by atoms with Gasteiger partial charge in [-0.25, -0.2) is 9.98 Å².